The number of phenolic OH excluding ortho intramolecular Hbond substituents is 1. The summed E-state index contributed by atoms with van der Waals surface area (Å²) >= 11 is 0. The van der Waals surface area contributed by atoms with Crippen LogP contribution in [0.3, 0.4) is 0 Å². The minimum absolute atomic E-state index is 0.0771. The molecule has 1 aromatic rings. The van der Waals surface area contributed by atoms with Crippen molar-refractivity contribution in [3.63, 3.8) is 0 Å². The van der Waals surface area contributed by atoms with Gasteiger partial charge in [-0.2, -0.15) is 0 Å². The molecule has 0 fully saturated rings. The van der Waals surface area contributed by atoms with Crippen molar-refractivity contribution in [1.29, 1.82) is 0 Å². The number of allylic oxidation sites excluding steroid dienone is 1. The number of ether oxygens (including phenoxy) is 1. The Labute approximate surface area is 101 Å². The Morgan fingerprint density at radius 2 is 2.35 bits per heavy atom. The van der Waals surface area contributed by atoms with Crippen LogP contribution in [0.15, 0.2) is 30.9 Å². The number of nitrogens with two attached hydrogens (primary N) is 1. The number of carbonyl (C=O) groups excluding carboxylic acids is 1. The Morgan fingerprint density at radius 1 is 1.65 bits per heavy atom. The molecule has 0 unspecified atom stereocenters. The maximum absolute atomic E-state index is 10.8. The summed E-state index contributed by atoms with van der Waals surface area (Å²) in [6.45, 7) is 4.91. The van der Waals surface area contributed by atoms with Gasteiger partial charge in [-0.25, -0.2) is 0 Å². The molecule has 0 spiro atoms. The molecule has 17 heavy (non-hydrogen) atoms. The van der Waals surface area contributed by atoms with Gasteiger partial charge in [-0.05, 0) is 30.5 Å². The first-order valence-electron chi connectivity index (χ1n) is 5.42. The van der Waals surface area contributed by atoms with E-state index in [1.165, 1.54) is 13.0 Å². The highest BCUT2D eigenvalue weighted by molar-refractivity contribution is 5.70. The molecule has 4 heteroatoms. The lowest BCUT2D eigenvalue weighted by molar-refractivity contribution is -0.132. The lowest BCUT2D eigenvalue weighted by Gasteiger charge is -2.12. The third-order valence-electron chi connectivity index (χ3n) is 2.35. The molecule has 0 saturated carbocycles. The molecule has 1 atom stereocenters. The van der Waals surface area contributed by atoms with E-state index in [9.17, 15) is 9.90 Å². The van der Waals surface area contributed by atoms with Crippen LogP contribution in [0.25, 0.3) is 0 Å². The third-order valence-corrected chi connectivity index (χ3v) is 2.35. The minimum Gasteiger partial charge on any atom is -0.504 e. The standard InChI is InChI=1S/C13H17NO3/c1-3-4-5-11(14)10-6-7-13(12(16)8-10)17-9(2)15/h3,6-8,11,16H,1,4-5,14H2,2H3/t11-/m1/s1. The maximum atomic E-state index is 10.8. The highest BCUT2D eigenvalue weighted by Gasteiger charge is 2.10. The van der Waals surface area contributed by atoms with Gasteiger partial charge in [0, 0.05) is 13.0 Å². The summed E-state index contributed by atoms with van der Waals surface area (Å²) in [7, 11) is 0. The second kappa shape index (κ2) is 6.06. The van der Waals surface area contributed by atoms with Crippen LogP contribution in [0.2, 0.25) is 0 Å². The summed E-state index contributed by atoms with van der Waals surface area (Å²) < 4.78 is 4.81. The van der Waals surface area contributed by atoms with Gasteiger partial charge >= 0.3 is 5.97 Å². The number of benzene rings is 1. The molecule has 0 heterocycles. The third kappa shape index (κ3) is 3.92. The Balaban J connectivity index is 2.80. The normalized spacial score (nSPS) is 11.9. The lowest BCUT2D eigenvalue weighted by atomic mass is 10.0. The van der Waals surface area contributed by atoms with Crippen molar-refractivity contribution in [2.45, 2.75) is 25.8 Å². The van der Waals surface area contributed by atoms with E-state index in [0.29, 0.717) is 0 Å². The van der Waals surface area contributed by atoms with Crippen LogP contribution in [0.5, 0.6) is 11.5 Å². The zero-order chi connectivity index (χ0) is 12.8. The molecule has 92 valence electrons. The first-order chi connectivity index (χ1) is 8.04. The molecule has 0 saturated heterocycles. The van der Waals surface area contributed by atoms with E-state index in [2.05, 4.69) is 6.58 Å². The van der Waals surface area contributed by atoms with Gasteiger partial charge < -0.3 is 15.6 Å². The fourth-order valence-corrected chi connectivity index (χ4v) is 1.47. The van der Waals surface area contributed by atoms with E-state index in [1.807, 2.05) is 0 Å². The zero-order valence-electron chi connectivity index (χ0n) is 9.85. The van der Waals surface area contributed by atoms with E-state index in [-0.39, 0.29) is 17.5 Å². The van der Waals surface area contributed by atoms with Crippen molar-refractivity contribution >= 4 is 5.97 Å². The molecule has 0 bridgehead atoms. The van der Waals surface area contributed by atoms with E-state index < -0.39 is 5.97 Å². The number of carbonyl (C=O) groups is 1. The molecule has 0 radical (unpaired) electrons. The van der Waals surface area contributed by atoms with Gasteiger partial charge in [0.05, 0.1) is 0 Å². The molecule has 3 N–H and O–H groups in total. The van der Waals surface area contributed by atoms with Crippen LogP contribution >= 0.6 is 0 Å². The van der Waals surface area contributed by atoms with Crippen LogP contribution < -0.4 is 10.5 Å². The van der Waals surface area contributed by atoms with Crippen LogP contribution in [0, 0.1) is 0 Å². The van der Waals surface area contributed by atoms with Crippen molar-refractivity contribution in [2.24, 2.45) is 5.73 Å². The predicted octanol–water partition coefficient (Wildman–Crippen LogP) is 2.28. The number of hydrogen-bond donors (Lipinski definition) is 2. The average Bonchev–Trinajstić information content (AvgIpc) is 2.28. The van der Waals surface area contributed by atoms with E-state index in [1.54, 1.807) is 18.2 Å². The number of rotatable bonds is 5. The van der Waals surface area contributed by atoms with Crippen molar-refractivity contribution in [2.75, 3.05) is 0 Å². The summed E-state index contributed by atoms with van der Waals surface area (Å²) in [5.74, 6) is -0.395. The summed E-state index contributed by atoms with van der Waals surface area (Å²) in [6, 6.07) is 4.64. The number of aromatic hydroxyl groups is 1. The largest absolute Gasteiger partial charge is 0.504 e. The molecule has 1 aromatic carbocycles. The molecule has 0 aliphatic heterocycles. The average molecular weight is 235 g/mol. The molecule has 0 aromatic heterocycles. The molecule has 0 aliphatic carbocycles. The topological polar surface area (TPSA) is 72.5 Å². The summed E-state index contributed by atoms with van der Waals surface area (Å²) in [5, 5.41) is 9.66. The van der Waals surface area contributed by atoms with Gasteiger partial charge in [-0.1, -0.05) is 12.1 Å². The fraction of sp³-hybridized carbons (Fsp3) is 0.308. The molecule has 0 amide bonds. The van der Waals surface area contributed by atoms with E-state index >= 15 is 0 Å². The first kappa shape index (κ1) is 13.3. The van der Waals surface area contributed by atoms with Gasteiger partial charge in [-0.15, -0.1) is 6.58 Å². The zero-order valence-corrected chi connectivity index (χ0v) is 9.85. The Morgan fingerprint density at radius 3 is 2.88 bits per heavy atom. The van der Waals surface area contributed by atoms with Crippen LogP contribution in [-0.2, 0) is 4.79 Å². The quantitative estimate of drug-likeness (QED) is 0.466. The number of hydrogen-bond acceptors (Lipinski definition) is 4. The lowest BCUT2D eigenvalue weighted by Crippen LogP contribution is -2.10. The van der Waals surface area contributed by atoms with Crippen LogP contribution in [0.4, 0.5) is 0 Å². The molecule has 4 nitrogen and oxygen atoms in total. The summed E-state index contributed by atoms with van der Waals surface area (Å²) in [5.41, 5.74) is 6.74. The number of phenols is 1. The van der Waals surface area contributed by atoms with Crippen LogP contribution in [0.1, 0.15) is 31.4 Å². The molecule has 0 aliphatic rings. The highest BCUT2D eigenvalue weighted by Crippen LogP contribution is 2.29. The molecule has 1 rings (SSSR count). The van der Waals surface area contributed by atoms with Crippen molar-refractivity contribution < 1.29 is 14.6 Å². The predicted molar refractivity (Wildman–Crippen MR) is 65.8 cm³/mol. The van der Waals surface area contributed by atoms with Crippen molar-refractivity contribution in [3.05, 3.63) is 36.4 Å². The Kier molecular flexibility index (Phi) is 4.72. The monoisotopic (exact) mass is 235 g/mol. The second-order valence-corrected chi connectivity index (χ2v) is 3.79. The smallest absolute Gasteiger partial charge is 0.308 e. The van der Waals surface area contributed by atoms with Crippen molar-refractivity contribution in [3.8, 4) is 11.5 Å². The number of esters is 1. The fourth-order valence-electron chi connectivity index (χ4n) is 1.47. The van der Waals surface area contributed by atoms with E-state index in [0.717, 1.165) is 18.4 Å². The first-order valence-corrected chi connectivity index (χ1v) is 5.42. The second-order valence-electron chi connectivity index (χ2n) is 3.79. The highest BCUT2D eigenvalue weighted by atomic mass is 16.5. The molecular weight excluding hydrogens is 218 g/mol. The maximum Gasteiger partial charge on any atom is 0.308 e. The van der Waals surface area contributed by atoms with E-state index in [4.69, 9.17) is 10.5 Å². The van der Waals surface area contributed by atoms with Gasteiger partial charge in [0.2, 0.25) is 0 Å². The Bertz CT molecular complexity index is 415. The van der Waals surface area contributed by atoms with Gasteiger partial charge in [0.1, 0.15) is 0 Å². The Hall–Kier alpha value is -1.81. The van der Waals surface area contributed by atoms with Gasteiger partial charge in [0.15, 0.2) is 11.5 Å². The summed E-state index contributed by atoms with van der Waals surface area (Å²) in [4.78, 5) is 10.8. The molecular formula is C13H17NO3. The van der Waals surface area contributed by atoms with Crippen molar-refractivity contribution in [1.82, 2.24) is 0 Å². The SMILES string of the molecule is C=CCC[C@@H](N)c1ccc(OC(C)=O)c(O)c1. The summed E-state index contributed by atoms with van der Waals surface area (Å²) in [6.07, 6.45) is 3.37. The van der Waals surface area contributed by atoms with Gasteiger partial charge in [0.25, 0.3) is 0 Å². The minimum atomic E-state index is -0.469. The van der Waals surface area contributed by atoms with Gasteiger partial charge in [-0.3, -0.25) is 4.79 Å². The van der Waals surface area contributed by atoms with Crippen LogP contribution in [-0.4, -0.2) is 11.1 Å².